The molecule has 318 valence electrons. The average molecular weight is 884 g/mol. The molecular weight excluding hydrogens is 863 g/mol. The number of carbonyl (C=O) groups excluding carboxylic acids is 1. The summed E-state index contributed by atoms with van der Waals surface area (Å²) >= 11 is 0. The van der Waals surface area contributed by atoms with E-state index >= 15 is 35.1 Å². The van der Waals surface area contributed by atoms with E-state index in [2.05, 4.69) is 20.8 Å². The molecule has 0 aliphatic heterocycles. The molecule has 0 unspecified atom stereocenters. The topological polar surface area (TPSA) is 29.8 Å². The number of hydrogen-bond acceptors (Lipinski definition) is 2. The van der Waals surface area contributed by atoms with Crippen molar-refractivity contribution in [2.45, 2.75) is 38.9 Å². The molecular formula is C33H21BF20O3Si. The van der Waals surface area contributed by atoms with E-state index in [1.54, 1.807) is 14.2 Å². The molecule has 0 heterocycles. The van der Waals surface area contributed by atoms with Crippen molar-refractivity contribution < 1.29 is 101 Å². The van der Waals surface area contributed by atoms with Gasteiger partial charge in [-0.25, -0.2) is 87.8 Å². The molecule has 0 atom stereocenters. The SMILES string of the molecule is CC[Si](CC)(CC)OC(OC)=[O+]C.Fc1c(F)c(F)c([B-](c2c(F)c(F)c(F)c(F)c2F)(c2c(F)c(F)c(F)c(F)c2F)c2c(F)c(F)c(F)c(F)c2F)c(F)c1F. The van der Waals surface area contributed by atoms with Crippen molar-refractivity contribution in [1.82, 2.24) is 0 Å². The monoisotopic (exact) mass is 884 g/mol. The van der Waals surface area contributed by atoms with E-state index in [-0.39, 0.29) is 0 Å². The van der Waals surface area contributed by atoms with Crippen LogP contribution in [0.2, 0.25) is 18.1 Å². The highest BCUT2D eigenvalue weighted by atomic mass is 28.4. The minimum absolute atomic E-state index is 0.317. The Morgan fingerprint density at radius 1 is 0.379 bits per heavy atom. The summed E-state index contributed by atoms with van der Waals surface area (Å²) in [5.74, 6) is -71.4. The minimum atomic E-state index is -7.22. The maximum Gasteiger partial charge on any atom is 0.694 e. The van der Waals surface area contributed by atoms with Crippen LogP contribution < -0.4 is 21.9 Å². The Labute approximate surface area is 313 Å². The predicted octanol–water partition coefficient (Wildman–Crippen LogP) is 8.79. The van der Waals surface area contributed by atoms with Crippen molar-refractivity contribution in [3.8, 4) is 0 Å². The third-order valence-electron chi connectivity index (χ3n) is 9.27. The first kappa shape index (κ1) is 47.4. The molecule has 4 aromatic carbocycles. The largest absolute Gasteiger partial charge is 0.694 e. The zero-order valence-corrected chi connectivity index (χ0v) is 30.5. The van der Waals surface area contributed by atoms with E-state index in [1.165, 1.54) is 0 Å². The maximum atomic E-state index is 15.4. The second-order valence-corrected chi connectivity index (χ2v) is 16.5. The molecule has 25 heteroatoms. The number of ether oxygens (including phenoxy) is 1. The van der Waals surface area contributed by atoms with Crippen LogP contribution in [0.1, 0.15) is 20.8 Å². The lowest BCUT2D eigenvalue weighted by atomic mass is 9.12. The highest BCUT2D eigenvalue weighted by Crippen LogP contribution is 2.31. The Hall–Kier alpha value is -4.97. The summed E-state index contributed by atoms with van der Waals surface area (Å²) in [5, 5.41) is 0. The number of methoxy groups -OCH3 is 1. The first-order chi connectivity index (χ1) is 26.9. The van der Waals surface area contributed by atoms with Gasteiger partial charge in [0, 0.05) is 0 Å². The molecule has 0 saturated heterocycles. The normalized spacial score (nSPS) is 12.2. The fourth-order valence-corrected chi connectivity index (χ4v) is 8.64. The highest BCUT2D eigenvalue weighted by molar-refractivity contribution is 7.20. The standard InChI is InChI=1S/C24BF20.C9H21O3Si/c26-5-1(6(27)14(35)21(42)13(5)34)25(2-7(28)15(36)22(43)16(37)8(2)29,3-9(30)17(38)23(44)18(39)10(3)31)4-11(32)19(40)24(45)20(41)12(4)33;1-6-13(7-2,8-3)12-9(10-4)11-5/h;6-8H2,1-5H3/q-1;+1. The van der Waals surface area contributed by atoms with Gasteiger partial charge in [0.15, 0.2) is 69.8 Å². The number of benzene rings is 4. The maximum absolute atomic E-state index is 15.4. The van der Waals surface area contributed by atoms with Crippen LogP contribution in [0.4, 0.5) is 92.2 Å². The van der Waals surface area contributed by atoms with Gasteiger partial charge in [-0.1, -0.05) is 20.8 Å². The van der Waals surface area contributed by atoms with E-state index in [0.717, 1.165) is 18.1 Å². The molecule has 3 nitrogen and oxygen atoms in total. The van der Waals surface area contributed by atoms with Crippen LogP contribution in [0.5, 0.6) is 0 Å². The van der Waals surface area contributed by atoms with Crippen molar-refractivity contribution in [1.29, 1.82) is 0 Å². The highest BCUT2D eigenvalue weighted by Gasteiger charge is 2.52. The Kier molecular flexibility index (Phi) is 14.3. The number of rotatable bonds is 8. The molecule has 4 aromatic rings. The van der Waals surface area contributed by atoms with E-state index in [1.807, 2.05) is 0 Å². The van der Waals surface area contributed by atoms with Gasteiger partial charge in [0.05, 0.1) is 0 Å². The molecule has 0 spiro atoms. The Balaban J connectivity index is 0.000000594. The van der Waals surface area contributed by atoms with Crippen molar-refractivity contribution in [2.24, 2.45) is 0 Å². The van der Waals surface area contributed by atoms with Gasteiger partial charge in [0.25, 0.3) is 0 Å². The van der Waals surface area contributed by atoms with Gasteiger partial charge in [-0.2, -0.15) is 0 Å². The molecule has 0 bridgehead atoms. The van der Waals surface area contributed by atoms with Crippen LogP contribution in [0.15, 0.2) is 0 Å². The summed E-state index contributed by atoms with van der Waals surface area (Å²) in [7, 11) is 1.53. The molecule has 0 saturated carbocycles. The first-order valence-corrected chi connectivity index (χ1v) is 18.3. The molecule has 0 radical (unpaired) electrons. The van der Waals surface area contributed by atoms with Crippen LogP contribution in [0, 0.1) is 116 Å². The van der Waals surface area contributed by atoms with Gasteiger partial charge in [0.1, 0.15) is 66.9 Å². The first-order valence-electron chi connectivity index (χ1n) is 15.7. The zero-order valence-electron chi connectivity index (χ0n) is 29.5. The Morgan fingerprint density at radius 3 is 0.690 bits per heavy atom. The van der Waals surface area contributed by atoms with Crippen LogP contribution in [0.25, 0.3) is 0 Å². The minimum Gasteiger partial charge on any atom is -0.399 e. The molecule has 4 rings (SSSR count). The van der Waals surface area contributed by atoms with Gasteiger partial charge in [-0.05, 0) is 18.1 Å². The summed E-state index contributed by atoms with van der Waals surface area (Å²) in [6, 6.07) is 3.28. The molecule has 0 fully saturated rings. The fraction of sp³-hybridized carbons (Fsp3) is 0.242. The number of hydrogen-bond donors (Lipinski definition) is 0. The van der Waals surface area contributed by atoms with Gasteiger partial charge < -0.3 is 13.6 Å². The van der Waals surface area contributed by atoms with Crippen molar-refractivity contribution >= 4 is 42.5 Å². The summed E-state index contributed by atoms with van der Waals surface area (Å²) in [5.41, 5.74) is -14.3. The van der Waals surface area contributed by atoms with Crippen LogP contribution in [-0.4, -0.2) is 34.8 Å². The van der Waals surface area contributed by atoms with Gasteiger partial charge in [-0.3, -0.25) is 0 Å². The van der Waals surface area contributed by atoms with Crippen molar-refractivity contribution in [3.63, 3.8) is 0 Å². The van der Waals surface area contributed by atoms with Gasteiger partial charge in [-0.15, -0.1) is 21.9 Å². The average Bonchev–Trinajstić information content (AvgIpc) is 3.21. The van der Waals surface area contributed by atoms with E-state index in [9.17, 15) is 52.7 Å². The second-order valence-electron chi connectivity index (χ2n) is 11.8. The fourth-order valence-electron chi connectivity index (χ4n) is 6.18. The van der Waals surface area contributed by atoms with Crippen molar-refractivity contribution in [3.05, 3.63) is 116 Å². The lowest BCUT2D eigenvalue weighted by Crippen LogP contribution is -2.81. The zero-order chi connectivity index (χ0) is 44.7. The third-order valence-corrected chi connectivity index (χ3v) is 13.7. The molecule has 0 N–H and O–H groups in total. The van der Waals surface area contributed by atoms with Gasteiger partial charge in [0.2, 0.25) is 0 Å². The van der Waals surface area contributed by atoms with Crippen LogP contribution in [-0.2, 0) is 9.16 Å². The Bertz CT molecular complexity index is 1910. The van der Waals surface area contributed by atoms with Crippen molar-refractivity contribution in [2.75, 3.05) is 14.2 Å². The van der Waals surface area contributed by atoms with Crippen LogP contribution in [0.3, 0.4) is 0 Å². The Morgan fingerprint density at radius 2 is 0.552 bits per heavy atom. The molecule has 58 heavy (non-hydrogen) atoms. The summed E-state index contributed by atoms with van der Waals surface area (Å²) in [6.07, 6.45) is -6.90. The molecule has 0 amide bonds. The summed E-state index contributed by atoms with van der Waals surface area (Å²) in [4.78, 5) is 0. The second kappa shape index (κ2) is 17.5. The molecule has 0 aromatic heterocycles. The predicted molar refractivity (Wildman–Crippen MR) is 166 cm³/mol. The summed E-state index contributed by atoms with van der Waals surface area (Å²) in [6.45, 7) is 6.51. The smallest absolute Gasteiger partial charge is 0.399 e. The van der Waals surface area contributed by atoms with E-state index < -0.39 is 153 Å². The van der Waals surface area contributed by atoms with E-state index in [4.69, 9.17) is 13.6 Å². The lowest BCUT2D eigenvalue weighted by molar-refractivity contribution is -0.126. The third kappa shape index (κ3) is 7.22. The summed E-state index contributed by atoms with van der Waals surface area (Å²) < 4.78 is 310. The quantitative estimate of drug-likeness (QED) is 0.0443. The molecule has 0 aliphatic carbocycles. The van der Waals surface area contributed by atoms with Crippen LogP contribution >= 0.6 is 0 Å². The lowest BCUT2D eigenvalue weighted by Gasteiger charge is -2.44. The number of halogens is 20. The molecule has 0 aliphatic rings. The van der Waals surface area contributed by atoms with Gasteiger partial charge >= 0.3 is 14.5 Å². The van der Waals surface area contributed by atoms with E-state index in [0.29, 0.717) is 6.16 Å².